The smallest absolute Gasteiger partial charge is 0.321 e. The number of aromatic nitrogens is 2. The number of H-pyrrole nitrogens is 1. The van der Waals surface area contributed by atoms with E-state index in [0.29, 0.717) is 13.1 Å². The molecule has 29 heavy (non-hydrogen) atoms. The lowest BCUT2D eigenvalue weighted by Crippen LogP contribution is -2.40. The third-order valence-electron chi connectivity index (χ3n) is 5.37. The van der Waals surface area contributed by atoms with Gasteiger partial charge >= 0.3 is 6.03 Å². The zero-order valence-corrected chi connectivity index (χ0v) is 16.8. The monoisotopic (exact) mass is 389 g/mol. The van der Waals surface area contributed by atoms with Crippen molar-refractivity contribution in [3.8, 4) is 0 Å². The second-order valence-electron chi connectivity index (χ2n) is 7.26. The second-order valence-corrected chi connectivity index (χ2v) is 7.26. The van der Waals surface area contributed by atoms with Crippen LogP contribution in [0.15, 0.2) is 61.1 Å². The Kier molecular flexibility index (Phi) is 5.79. The Balaban J connectivity index is 1.42. The van der Waals surface area contributed by atoms with Gasteiger partial charge < -0.3 is 15.2 Å². The van der Waals surface area contributed by atoms with E-state index in [1.807, 2.05) is 31.3 Å². The summed E-state index contributed by atoms with van der Waals surface area (Å²) in [5.74, 6) is 0. The van der Waals surface area contributed by atoms with Crippen molar-refractivity contribution in [2.45, 2.75) is 26.3 Å². The molecule has 6 nitrogen and oxygen atoms in total. The van der Waals surface area contributed by atoms with Crippen molar-refractivity contribution >= 4 is 17.4 Å². The van der Waals surface area contributed by atoms with Crippen molar-refractivity contribution in [3.63, 3.8) is 0 Å². The molecule has 0 radical (unpaired) electrons. The number of hydrogen-bond donors (Lipinski definition) is 2. The molecule has 1 aliphatic rings. The number of imidazole rings is 1. The maximum Gasteiger partial charge on any atom is 0.321 e. The number of fused-ring (bicyclic) bond motifs is 1. The highest BCUT2D eigenvalue weighted by Crippen LogP contribution is 2.33. The topological polar surface area (TPSA) is 64.3 Å². The number of aromatic amines is 1. The third-order valence-corrected chi connectivity index (χ3v) is 5.37. The number of nitrogens with zero attached hydrogens (tertiary/aromatic N) is 3. The summed E-state index contributed by atoms with van der Waals surface area (Å²) in [7, 11) is 0. The van der Waals surface area contributed by atoms with Crippen LogP contribution in [0.3, 0.4) is 0 Å². The van der Waals surface area contributed by atoms with E-state index in [4.69, 9.17) is 0 Å². The van der Waals surface area contributed by atoms with E-state index < -0.39 is 0 Å². The summed E-state index contributed by atoms with van der Waals surface area (Å²) in [5, 5.41) is 3.06. The van der Waals surface area contributed by atoms with Crippen LogP contribution in [0.4, 0.5) is 16.2 Å². The van der Waals surface area contributed by atoms with E-state index >= 15 is 0 Å². The largest absolute Gasteiger partial charge is 0.365 e. The molecule has 2 aromatic carbocycles. The van der Waals surface area contributed by atoms with E-state index in [-0.39, 0.29) is 6.03 Å². The Morgan fingerprint density at radius 1 is 1.24 bits per heavy atom. The maximum atomic E-state index is 12.8. The highest BCUT2D eigenvalue weighted by molar-refractivity contribution is 5.92. The molecule has 6 heteroatoms. The number of amides is 2. The van der Waals surface area contributed by atoms with E-state index in [2.05, 4.69) is 50.5 Å². The van der Waals surface area contributed by atoms with E-state index in [1.165, 1.54) is 16.8 Å². The van der Waals surface area contributed by atoms with Crippen molar-refractivity contribution in [2.24, 2.45) is 0 Å². The average Bonchev–Trinajstić information content (AvgIpc) is 3.40. The van der Waals surface area contributed by atoms with E-state index in [1.54, 1.807) is 11.2 Å². The molecule has 0 unspecified atom stereocenters. The zero-order chi connectivity index (χ0) is 20.1. The summed E-state index contributed by atoms with van der Waals surface area (Å²) in [6, 6.07) is 16.5. The Labute approximate surface area is 171 Å². The van der Waals surface area contributed by atoms with Gasteiger partial charge in [0.1, 0.15) is 0 Å². The Morgan fingerprint density at radius 2 is 2.10 bits per heavy atom. The van der Waals surface area contributed by atoms with Gasteiger partial charge in [-0.3, -0.25) is 4.90 Å². The molecular formula is C23H27N5O. The lowest BCUT2D eigenvalue weighted by molar-refractivity contribution is 0.246. The summed E-state index contributed by atoms with van der Waals surface area (Å²) in [5.41, 5.74) is 5.69. The number of benzene rings is 2. The number of carbonyl (C=O) groups is 1. The van der Waals surface area contributed by atoms with Crippen molar-refractivity contribution in [2.75, 3.05) is 29.4 Å². The predicted molar refractivity (Wildman–Crippen MR) is 116 cm³/mol. The number of anilines is 2. The second kappa shape index (κ2) is 8.82. The first-order chi connectivity index (χ1) is 14.2. The van der Waals surface area contributed by atoms with E-state index in [0.717, 1.165) is 37.3 Å². The number of urea groups is 1. The molecule has 1 aromatic heterocycles. The Morgan fingerprint density at radius 3 is 2.86 bits per heavy atom. The standard InChI is InChI=1S/C23H27N5O/c1-2-28(23(29)25-12-10-18-6-4-3-5-7-18)21-9-8-19-11-13-27(22(19)14-21)16-20-15-24-17-26-20/h3-9,14-15,17H,2,10-13,16H2,1H3,(H,24,26)(H,25,29). The van der Waals surface area contributed by atoms with Crippen LogP contribution in [0.25, 0.3) is 0 Å². The van der Waals surface area contributed by atoms with Crippen molar-refractivity contribution in [1.29, 1.82) is 0 Å². The fourth-order valence-electron chi connectivity index (χ4n) is 3.84. The van der Waals surface area contributed by atoms with Crippen LogP contribution in [0.2, 0.25) is 0 Å². The first-order valence-electron chi connectivity index (χ1n) is 10.2. The molecule has 0 saturated carbocycles. The van der Waals surface area contributed by atoms with Crippen LogP contribution in [0.5, 0.6) is 0 Å². The van der Waals surface area contributed by atoms with Gasteiger partial charge in [-0.05, 0) is 43.0 Å². The molecule has 0 saturated heterocycles. The Bertz CT molecular complexity index is 939. The molecule has 2 heterocycles. The molecule has 1 aliphatic heterocycles. The molecule has 0 fully saturated rings. The molecule has 2 amide bonds. The number of carbonyl (C=O) groups excluding carboxylic acids is 1. The predicted octanol–water partition coefficient (Wildman–Crippen LogP) is 3.75. The van der Waals surface area contributed by atoms with Gasteiger partial charge in [0.15, 0.2) is 0 Å². The van der Waals surface area contributed by atoms with Crippen molar-refractivity contribution < 1.29 is 4.79 Å². The number of rotatable bonds is 7. The number of hydrogen-bond acceptors (Lipinski definition) is 3. The summed E-state index contributed by atoms with van der Waals surface area (Å²) in [4.78, 5) is 24.3. The highest BCUT2D eigenvalue weighted by atomic mass is 16.2. The molecule has 3 aromatic rings. The van der Waals surface area contributed by atoms with Gasteiger partial charge in [-0.25, -0.2) is 9.78 Å². The molecule has 0 aliphatic carbocycles. The molecule has 0 spiro atoms. The third kappa shape index (κ3) is 4.42. The minimum Gasteiger partial charge on any atom is -0.365 e. The lowest BCUT2D eigenvalue weighted by Gasteiger charge is -2.24. The summed E-state index contributed by atoms with van der Waals surface area (Å²) >= 11 is 0. The summed E-state index contributed by atoms with van der Waals surface area (Å²) < 4.78 is 0. The minimum absolute atomic E-state index is 0.0553. The van der Waals surface area contributed by atoms with Crippen molar-refractivity contribution in [1.82, 2.24) is 15.3 Å². The van der Waals surface area contributed by atoms with Gasteiger partial charge in [-0.1, -0.05) is 36.4 Å². The van der Waals surface area contributed by atoms with Gasteiger partial charge in [0.25, 0.3) is 0 Å². The molecule has 150 valence electrons. The highest BCUT2D eigenvalue weighted by Gasteiger charge is 2.22. The first-order valence-corrected chi connectivity index (χ1v) is 10.2. The molecule has 2 N–H and O–H groups in total. The SMILES string of the molecule is CCN(C(=O)NCCc1ccccc1)c1ccc2c(c1)N(Cc1c[nH]cn1)CC2. The van der Waals surface area contributed by atoms with Gasteiger partial charge in [0, 0.05) is 37.2 Å². The lowest BCUT2D eigenvalue weighted by atomic mass is 10.1. The molecular weight excluding hydrogens is 362 g/mol. The van der Waals surface area contributed by atoms with Crippen LogP contribution in [0.1, 0.15) is 23.7 Å². The summed E-state index contributed by atoms with van der Waals surface area (Å²) in [6.07, 6.45) is 5.49. The summed E-state index contributed by atoms with van der Waals surface area (Å²) in [6.45, 7) is 4.99. The Hall–Kier alpha value is -3.28. The van der Waals surface area contributed by atoms with Crippen LogP contribution in [0, 0.1) is 0 Å². The molecule has 0 bridgehead atoms. The fraction of sp³-hybridized carbons (Fsp3) is 0.304. The molecule has 0 atom stereocenters. The maximum absolute atomic E-state index is 12.8. The fourth-order valence-corrected chi connectivity index (χ4v) is 3.84. The van der Waals surface area contributed by atoms with Crippen LogP contribution >= 0.6 is 0 Å². The van der Waals surface area contributed by atoms with Crippen molar-refractivity contribution in [3.05, 3.63) is 77.9 Å². The van der Waals surface area contributed by atoms with Crippen LogP contribution in [-0.2, 0) is 19.4 Å². The van der Waals surface area contributed by atoms with Gasteiger partial charge in [0.2, 0.25) is 0 Å². The van der Waals surface area contributed by atoms with Gasteiger partial charge in [-0.2, -0.15) is 0 Å². The normalized spacial score (nSPS) is 12.7. The minimum atomic E-state index is -0.0553. The quantitative estimate of drug-likeness (QED) is 0.647. The average molecular weight is 390 g/mol. The number of nitrogens with one attached hydrogen (secondary N) is 2. The van der Waals surface area contributed by atoms with Gasteiger partial charge in [0.05, 0.1) is 18.6 Å². The van der Waals surface area contributed by atoms with Gasteiger partial charge in [-0.15, -0.1) is 0 Å². The van der Waals surface area contributed by atoms with E-state index in [9.17, 15) is 4.79 Å². The first kappa shape index (κ1) is 19.1. The zero-order valence-electron chi connectivity index (χ0n) is 16.8. The molecule has 4 rings (SSSR count). The van der Waals surface area contributed by atoms with Crippen LogP contribution in [-0.4, -0.2) is 35.6 Å². The van der Waals surface area contributed by atoms with Crippen LogP contribution < -0.4 is 15.1 Å².